The highest BCUT2D eigenvalue weighted by Crippen LogP contribution is 2.25. The number of hydrogen-bond acceptors (Lipinski definition) is 5. The molecule has 1 aliphatic rings. The molecule has 0 aliphatic carbocycles. The topological polar surface area (TPSA) is 73.4 Å². The van der Waals surface area contributed by atoms with Gasteiger partial charge < -0.3 is 14.2 Å². The molecule has 2 heterocycles. The first-order valence-electron chi connectivity index (χ1n) is 9.68. The summed E-state index contributed by atoms with van der Waals surface area (Å²) in [6, 6.07) is 14.9. The van der Waals surface area contributed by atoms with Gasteiger partial charge in [0.1, 0.15) is 11.9 Å². The number of oxazole rings is 1. The Bertz CT molecular complexity index is 1160. The number of aromatic nitrogens is 1. The van der Waals surface area contributed by atoms with Crippen LogP contribution in [0.4, 0.5) is 10.3 Å². The van der Waals surface area contributed by atoms with Crippen LogP contribution in [0, 0.1) is 17.1 Å². The zero-order valence-corrected chi connectivity index (χ0v) is 17.2. The quantitative estimate of drug-likeness (QED) is 0.603. The third-order valence-corrected chi connectivity index (χ3v) is 5.18. The van der Waals surface area contributed by atoms with Gasteiger partial charge in [-0.1, -0.05) is 29.8 Å². The fraction of sp³-hybridized carbons (Fsp3) is 0.174. The number of benzene rings is 2. The van der Waals surface area contributed by atoms with Crippen LogP contribution in [0.5, 0.6) is 0 Å². The lowest BCUT2D eigenvalue weighted by atomic mass is 10.2. The fourth-order valence-electron chi connectivity index (χ4n) is 3.34. The minimum atomic E-state index is -0.310. The van der Waals surface area contributed by atoms with Crippen LogP contribution in [0.25, 0.3) is 12.2 Å². The average Bonchev–Trinajstić information content (AvgIpc) is 3.22. The molecule has 8 heteroatoms. The molecule has 0 atom stereocenters. The molecular formula is C23H18ClFN4O2. The van der Waals surface area contributed by atoms with Gasteiger partial charge in [0, 0.05) is 42.8 Å². The molecule has 156 valence electrons. The molecule has 1 amide bonds. The maximum atomic E-state index is 13.0. The van der Waals surface area contributed by atoms with Gasteiger partial charge >= 0.3 is 0 Å². The van der Waals surface area contributed by atoms with Crippen LogP contribution in [0.15, 0.2) is 52.9 Å². The molecule has 0 saturated carbocycles. The van der Waals surface area contributed by atoms with Crippen molar-refractivity contribution in [2.45, 2.75) is 0 Å². The van der Waals surface area contributed by atoms with Crippen molar-refractivity contribution >= 4 is 35.5 Å². The molecule has 0 bridgehead atoms. The first kappa shape index (κ1) is 20.6. The number of piperazine rings is 1. The van der Waals surface area contributed by atoms with Crippen LogP contribution in [0.2, 0.25) is 5.02 Å². The molecular weight excluding hydrogens is 419 g/mol. The van der Waals surface area contributed by atoms with Crippen LogP contribution in [0.3, 0.4) is 0 Å². The molecule has 6 nitrogen and oxygen atoms in total. The van der Waals surface area contributed by atoms with E-state index in [4.69, 9.17) is 16.0 Å². The van der Waals surface area contributed by atoms with Crippen LogP contribution < -0.4 is 4.90 Å². The van der Waals surface area contributed by atoms with Gasteiger partial charge in [-0.3, -0.25) is 4.79 Å². The largest absolute Gasteiger partial charge is 0.420 e. The molecule has 0 unspecified atom stereocenters. The van der Waals surface area contributed by atoms with Gasteiger partial charge in [-0.25, -0.2) is 4.39 Å². The Morgan fingerprint density at radius 1 is 1.13 bits per heavy atom. The van der Waals surface area contributed by atoms with E-state index in [0.29, 0.717) is 42.6 Å². The van der Waals surface area contributed by atoms with E-state index in [9.17, 15) is 14.4 Å². The molecule has 0 radical (unpaired) electrons. The number of amides is 1. The number of rotatable bonds is 4. The zero-order chi connectivity index (χ0) is 21.8. The molecule has 0 spiro atoms. The lowest BCUT2D eigenvalue weighted by Gasteiger charge is -2.34. The lowest BCUT2D eigenvalue weighted by molar-refractivity contribution is 0.0745. The highest BCUT2D eigenvalue weighted by molar-refractivity contribution is 6.30. The van der Waals surface area contributed by atoms with Crippen LogP contribution in [-0.4, -0.2) is 42.0 Å². The molecule has 1 aromatic heterocycles. The molecule has 1 aliphatic heterocycles. The van der Waals surface area contributed by atoms with Crippen molar-refractivity contribution in [3.05, 3.63) is 82.1 Å². The molecule has 2 aromatic carbocycles. The Balaban J connectivity index is 1.44. The zero-order valence-electron chi connectivity index (χ0n) is 16.5. The molecule has 1 saturated heterocycles. The minimum absolute atomic E-state index is 0.0804. The van der Waals surface area contributed by atoms with E-state index in [2.05, 4.69) is 11.1 Å². The second-order valence-electron chi connectivity index (χ2n) is 6.99. The summed E-state index contributed by atoms with van der Waals surface area (Å²) in [5, 5.41) is 9.97. The van der Waals surface area contributed by atoms with Crippen molar-refractivity contribution in [3.8, 4) is 6.07 Å². The van der Waals surface area contributed by atoms with E-state index in [1.165, 1.54) is 12.1 Å². The first-order chi connectivity index (χ1) is 15.0. The normalized spacial score (nSPS) is 14.1. The summed E-state index contributed by atoms with van der Waals surface area (Å²) in [4.78, 5) is 20.6. The van der Waals surface area contributed by atoms with E-state index in [-0.39, 0.29) is 23.3 Å². The second-order valence-corrected chi connectivity index (χ2v) is 7.43. The Morgan fingerprint density at radius 3 is 2.55 bits per heavy atom. The molecule has 3 aromatic rings. The lowest BCUT2D eigenvalue weighted by Crippen LogP contribution is -2.48. The van der Waals surface area contributed by atoms with E-state index < -0.39 is 0 Å². The van der Waals surface area contributed by atoms with Gasteiger partial charge in [-0.2, -0.15) is 10.2 Å². The molecule has 1 fully saturated rings. The van der Waals surface area contributed by atoms with E-state index in [0.717, 1.165) is 5.56 Å². The SMILES string of the molecule is N#Cc1nc(/C=C/c2ccc(F)cc2)oc1N1CCN(C(=O)c2cccc(Cl)c2)CC1. The van der Waals surface area contributed by atoms with Crippen molar-refractivity contribution in [2.75, 3.05) is 31.1 Å². The number of anilines is 1. The number of hydrogen-bond donors (Lipinski definition) is 0. The first-order valence-corrected chi connectivity index (χ1v) is 10.1. The third kappa shape index (κ3) is 4.76. The van der Waals surface area contributed by atoms with Gasteiger partial charge in [0.15, 0.2) is 0 Å². The fourth-order valence-corrected chi connectivity index (χ4v) is 3.54. The summed E-state index contributed by atoms with van der Waals surface area (Å²) in [7, 11) is 0. The van der Waals surface area contributed by atoms with Gasteiger partial charge in [0.25, 0.3) is 5.91 Å². The standard InChI is InChI=1S/C23H18ClFN4O2/c24-18-3-1-2-17(14-18)22(30)28-10-12-29(13-11-28)23-20(15-26)27-21(31-23)9-6-16-4-7-19(25)8-5-16/h1-9,14H,10-13H2/b9-6+. The molecule has 0 N–H and O–H groups in total. The van der Waals surface area contributed by atoms with Gasteiger partial charge in [0.2, 0.25) is 17.5 Å². The summed E-state index contributed by atoms with van der Waals surface area (Å²) in [5.41, 5.74) is 1.52. The van der Waals surface area contributed by atoms with E-state index in [1.807, 2.05) is 4.90 Å². The number of halogens is 2. The van der Waals surface area contributed by atoms with Gasteiger partial charge in [-0.15, -0.1) is 0 Å². The Hall–Kier alpha value is -3.63. The summed E-state index contributed by atoms with van der Waals surface area (Å²) >= 11 is 5.99. The minimum Gasteiger partial charge on any atom is -0.420 e. The van der Waals surface area contributed by atoms with Crippen LogP contribution in [0.1, 0.15) is 27.5 Å². The predicted octanol–water partition coefficient (Wildman–Crippen LogP) is 4.47. The van der Waals surface area contributed by atoms with E-state index in [1.54, 1.807) is 53.5 Å². The van der Waals surface area contributed by atoms with Gasteiger partial charge in [0.05, 0.1) is 0 Å². The number of carbonyl (C=O) groups is 1. The number of nitriles is 1. The Morgan fingerprint density at radius 2 is 1.87 bits per heavy atom. The van der Waals surface area contributed by atoms with Crippen molar-refractivity contribution in [1.29, 1.82) is 5.26 Å². The molecule has 4 rings (SSSR count). The number of nitrogens with zero attached hydrogens (tertiary/aromatic N) is 4. The molecule has 31 heavy (non-hydrogen) atoms. The maximum Gasteiger partial charge on any atom is 0.254 e. The van der Waals surface area contributed by atoms with Crippen molar-refractivity contribution in [1.82, 2.24) is 9.88 Å². The maximum absolute atomic E-state index is 13.0. The predicted molar refractivity (Wildman–Crippen MR) is 116 cm³/mol. The van der Waals surface area contributed by atoms with Crippen LogP contribution >= 0.6 is 11.6 Å². The highest BCUT2D eigenvalue weighted by Gasteiger charge is 2.26. The Labute approximate surface area is 183 Å². The van der Waals surface area contributed by atoms with Crippen molar-refractivity contribution in [3.63, 3.8) is 0 Å². The summed E-state index contributed by atoms with van der Waals surface area (Å²) in [5.74, 6) is 0.280. The van der Waals surface area contributed by atoms with Crippen molar-refractivity contribution in [2.24, 2.45) is 0 Å². The van der Waals surface area contributed by atoms with E-state index >= 15 is 0 Å². The summed E-state index contributed by atoms with van der Waals surface area (Å²) < 4.78 is 18.8. The van der Waals surface area contributed by atoms with Crippen molar-refractivity contribution < 1.29 is 13.6 Å². The highest BCUT2D eigenvalue weighted by atomic mass is 35.5. The second kappa shape index (κ2) is 9.02. The monoisotopic (exact) mass is 436 g/mol. The third-order valence-electron chi connectivity index (χ3n) is 4.95. The van der Waals surface area contributed by atoms with Gasteiger partial charge in [-0.05, 0) is 42.0 Å². The number of carbonyl (C=O) groups excluding carboxylic acids is 1. The Kier molecular flexibility index (Phi) is 6.01. The average molecular weight is 437 g/mol. The summed E-state index contributed by atoms with van der Waals surface area (Å²) in [6.45, 7) is 1.99. The summed E-state index contributed by atoms with van der Waals surface area (Å²) in [6.07, 6.45) is 3.37. The smallest absolute Gasteiger partial charge is 0.254 e. The van der Waals surface area contributed by atoms with Crippen LogP contribution in [-0.2, 0) is 0 Å².